The Balaban J connectivity index is 0.000000654. The van der Waals surface area contributed by atoms with Crippen LogP contribution < -0.4 is 15.6 Å². The summed E-state index contributed by atoms with van der Waals surface area (Å²) >= 11 is 0. The highest BCUT2D eigenvalue weighted by atomic mass is 31.2. The summed E-state index contributed by atoms with van der Waals surface area (Å²) in [5.74, 6) is 0.812. The van der Waals surface area contributed by atoms with Crippen LogP contribution in [0.4, 0.5) is 0 Å². The summed E-state index contributed by atoms with van der Waals surface area (Å²) in [6.45, 7) is 2.42. The van der Waals surface area contributed by atoms with Gasteiger partial charge < -0.3 is 39.9 Å². The number of phosphoric acid groups is 1. The number of pyridine rings is 1. The molecule has 0 bridgehead atoms. The van der Waals surface area contributed by atoms with Crippen molar-refractivity contribution >= 4 is 18.7 Å². The molecule has 0 unspecified atom stereocenters. The van der Waals surface area contributed by atoms with Crippen LogP contribution in [0.3, 0.4) is 0 Å². The molecule has 0 aliphatic rings. The predicted molar refractivity (Wildman–Crippen MR) is 120 cm³/mol. The standard InChI is InChI=1S/C21H24N2O4.H3O4P/c1-13(11-14-3-5-15(27-2)6-4-14)22-12-19(25)16-7-9-18(24)21-17(16)8-10-20(26)23-21;1-5(2,3)4/h3-10,13,19,22,24-25H,11-12H2,1-2H3,(H,23,26);(H3,1,2,3,4)/t13-,19+;/m1./s1. The first-order valence-corrected chi connectivity index (χ1v) is 11.2. The topological polar surface area (TPSA) is 172 Å². The number of aromatic amines is 1. The molecule has 0 aliphatic heterocycles. The van der Waals surface area contributed by atoms with Gasteiger partial charge in [-0.3, -0.25) is 4.79 Å². The maximum atomic E-state index is 11.5. The second-order valence-corrected chi connectivity index (χ2v) is 8.20. The third kappa shape index (κ3) is 8.08. The van der Waals surface area contributed by atoms with Crippen molar-refractivity contribution in [2.24, 2.45) is 0 Å². The first-order chi connectivity index (χ1) is 15.0. The highest BCUT2D eigenvalue weighted by Crippen LogP contribution is 2.28. The van der Waals surface area contributed by atoms with Gasteiger partial charge in [0.25, 0.3) is 0 Å². The quantitative estimate of drug-likeness (QED) is 0.255. The Morgan fingerprint density at radius 1 is 1.06 bits per heavy atom. The van der Waals surface area contributed by atoms with Crippen molar-refractivity contribution in [2.45, 2.75) is 25.5 Å². The number of benzene rings is 2. The first-order valence-electron chi connectivity index (χ1n) is 9.65. The first kappa shape index (κ1) is 25.5. The maximum Gasteiger partial charge on any atom is 0.466 e. The van der Waals surface area contributed by atoms with Crippen LogP contribution in [-0.4, -0.2) is 49.6 Å². The number of aromatic hydroxyl groups is 1. The minimum atomic E-state index is -4.64. The van der Waals surface area contributed by atoms with Gasteiger partial charge in [0.2, 0.25) is 5.56 Å². The number of rotatable bonds is 7. The van der Waals surface area contributed by atoms with Crippen molar-refractivity contribution in [2.75, 3.05) is 13.7 Å². The molecule has 3 rings (SSSR count). The zero-order chi connectivity index (χ0) is 23.9. The third-order valence-electron chi connectivity index (χ3n) is 4.63. The molecule has 2 aromatic carbocycles. The highest BCUT2D eigenvalue weighted by Gasteiger charge is 2.15. The molecule has 1 aromatic heterocycles. The van der Waals surface area contributed by atoms with E-state index in [0.29, 0.717) is 23.0 Å². The molecule has 0 spiro atoms. The van der Waals surface area contributed by atoms with Crippen LogP contribution in [0.1, 0.15) is 24.2 Å². The van der Waals surface area contributed by atoms with E-state index in [1.54, 1.807) is 19.2 Å². The molecule has 1 heterocycles. The van der Waals surface area contributed by atoms with Gasteiger partial charge in [-0.15, -0.1) is 0 Å². The van der Waals surface area contributed by atoms with Gasteiger partial charge in [-0.25, -0.2) is 4.57 Å². The molecule has 0 radical (unpaired) electrons. The molecular weight excluding hydrogens is 439 g/mol. The summed E-state index contributed by atoms with van der Waals surface area (Å²) in [5, 5.41) is 24.5. The number of ether oxygens (including phenoxy) is 1. The molecule has 32 heavy (non-hydrogen) atoms. The van der Waals surface area contributed by atoms with E-state index in [0.717, 1.165) is 12.2 Å². The van der Waals surface area contributed by atoms with E-state index in [9.17, 15) is 15.0 Å². The molecule has 0 aliphatic carbocycles. The summed E-state index contributed by atoms with van der Waals surface area (Å²) < 4.78 is 14.0. The van der Waals surface area contributed by atoms with Crippen molar-refractivity contribution in [1.29, 1.82) is 0 Å². The van der Waals surface area contributed by atoms with E-state index in [4.69, 9.17) is 24.0 Å². The molecule has 11 heteroatoms. The monoisotopic (exact) mass is 466 g/mol. The minimum absolute atomic E-state index is 0.0144. The number of hydrogen-bond donors (Lipinski definition) is 7. The Morgan fingerprint density at radius 3 is 2.28 bits per heavy atom. The average Bonchev–Trinajstić information content (AvgIpc) is 2.72. The van der Waals surface area contributed by atoms with Crippen LogP contribution >= 0.6 is 7.82 Å². The van der Waals surface area contributed by atoms with E-state index in [1.165, 1.54) is 17.7 Å². The lowest BCUT2D eigenvalue weighted by atomic mass is 10.0. The van der Waals surface area contributed by atoms with Gasteiger partial charge in [0.05, 0.1) is 18.7 Å². The Labute approximate surface area is 184 Å². The lowest BCUT2D eigenvalue weighted by molar-refractivity contribution is 0.172. The minimum Gasteiger partial charge on any atom is -0.506 e. The van der Waals surface area contributed by atoms with Gasteiger partial charge in [-0.2, -0.15) is 0 Å². The fraction of sp³-hybridized carbons (Fsp3) is 0.286. The predicted octanol–water partition coefficient (Wildman–Crippen LogP) is 1.57. The summed E-state index contributed by atoms with van der Waals surface area (Å²) in [6, 6.07) is 14.2. The number of aliphatic hydroxyl groups excluding tert-OH is 1. The molecule has 174 valence electrons. The molecule has 2 atom stereocenters. The van der Waals surface area contributed by atoms with E-state index >= 15 is 0 Å². The van der Waals surface area contributed by atoms with Crippen LogP contribution in [0.15, 0.2) is 53.3 Å². The molecule has 10 nitrogen and oxygen atoms in total. The lowest BCUT2D eigenvalue weighted by Gasteiger charge is -2.19. The van der Waals surface area contributed by atoms with Crippen LogP contribution in [0, 0.1) is 0 Å². The number of hydrogen-bond acceptors (Lipinski definition) is 6. The maximum absolute atomic E-state index is 11.5. The van der Waals surface area contributed by atoms with E-state index in [-0.39, 0.29) is 17.4 Å². The van der Waals surface area contributed by atoms with Crippen LogP contribution in [0.25, 0.3) is 10.9 Å². The zero-order valence-corrected chi connectivity index (χ0v) is 18.5. The summed E-state index contributed by atoms with van der Waals surface area (Å²) in [4.78, 5) is 35.7. The number of nitrogens with one attached hydrogen (secondary N) is 2. The van der Waals surface area contributed by atoms with Crippen molar-refractivity contribution in [3.8, 4) is 11.5 Å². The fourth-order valence-electron chi connectivity index (χ4n) is 3.16. The van der Waals surface area contributed by atoms with Gasteiger partial charge in [0.1, 0.15) is 11.5 Å². The molecule has 0 fully saturated rings. The summed E-state index contributed by atoms with van der Waals surface area (Å²) in [7, 11) is -3.00. The number of phenolic OH excluding ortho intramolecular Hbond substituents is 1. The van der Waals surface area contributed by atoms with Gasteiger partial charge in [-0.05, 0) is 48.7 Å². The van der Waals surface area contributed by atoms with E-state index in [1.807, 2.05) is 24.3 Å². The zero-order valence-electron chi connectivity index (χ0n) is 17.6. The fourth-order valence-corrected chi connectivity index (χ4v) is 3.16. The normalized spacial score (nSPS) is 13.2. The Morgan fingerprint density at radius 2 is 1.69 bits per heavy atom. The molecule has 0 amide bonds. The van der Waals surface area contributed by atoms with Gasteiger partial charge >= 0.3 is 7.82 Å². The number of aromatic nitrogens is 1. The number of H-pyrrole nitrogens is 1. The number of phenols is 1. The smallest absolute Gasteiger partial charge is 0.466 e. The molecule has 0 saturated carbocycles. The van der Waals surface area contributed by atoms with Crippen LogP contribution in [0.2, 0.25) is 0 Å². The van der Waals surface area contributed by atoms with Crippen LogP contribution in [0.5, 0.6) is 11.5 Å². The number of methoxy groups -OCH3 is 1. The average molecular weight is 466 g/mol. The van der Waals surface area contributed by atoms with Gasteiger partial charge in [0, 0.05) is 24.0 Å². The van der Waals surface area contributed by atoms with Gasteiger partial charge in [-0.1, -0.05) is 18.2 Å². The molecule has 3 aromatic rings. The highest BCUT2D eigenvalue weighted by molar-refractivity contribution is 7.45. The summed E-state index contributed by atoms with van der Waals surface area (Å²) in [6.07, 6.45) is 0.0534. The largest absolute Gasteiger partial charge is 0.506 e. The number of aliphatic hydroxyl groups is 1. The molecule has 0 saturated heterocycles. The summed E-state index contributed by atoms with van der Waals surface area (Å²) in [5.41, 5.74) is 1.88. The third-order valence-corrected chi connectivity index (χ3v) is 4.63. The van der Waals surface area contributed by atoms with Crippen molar-refractivity contribution in [3.05, 3.63) is 70.0 Å². The Kier molecular flexibility index (Phi) is 8.97. The lowest BCUT2D eigenvalue weighted by Crippen LogP contribution is -2.32. The Bertz CT molecular complexity index is 1120. The van der Waals surface area contributed by atoms with Crippen molar-refractivity contribution < 1.29 is 34.2 Å². The Hall–Kier alpha value is -2.72. The second-order valence-electron chi connectivity index (χ2n) is 7.18. The van der Waals surface area contributed by atoms with Crippen molar-refractivity contribution in [1.82, 2.24) is 10.3 Å². The van der Waals surface area contributed by atoms with E-state index < -0.39 is 13.9 Å². The SMILES string of the molecule is COc1ccc(C[C@@H](C)NC[C@H](O)c2ccc(O)c3[nH]c(=O)ccc23)cc1.O=P(O)(O)O. The second kappa shape index (κ2) is 11.2. The number of fused-ring (bicyclic) bond motifs is 1. The van der Waals surface area contributed by atoms with E-state index in [2.05, 4.69) is 17.2 Å². The van der Waals surface area contributed by atoms with Crippen molar-refractivity contribution in [3.63, 3.8) is 0 Å². The van der Waals surface area contributed by atoms with Gasteiger partial charge in [0.15, 0.2) is 0 Å². The molecule has 7 N–H and O–H groups in total. The van der Waals surface area contributed by atoms with Crippen LogP contribution in [-0.2, 0) is 11.0 Å². The molecular formula is C21H27N2O8P.